The Bertz CT molecular complexity index is 520. The molecule has 0 bridgehead atoms. The summed E-state index contributed by atoms with van der Waals surface area (Å²) in [4.78, 5) is 16.5. The maximum atomic E-state index is 10.7. The van der Waals surface area contributed by atoms with Gasteiger partial charge in [-0.2, -0.15) is 5.26 Å². The van der Waals surface area contributed by atoms with E-state index in [1.165, 1.54) is 38.1 Å². The van der Waals surface area contributed by atoms with Gasteiger partial charge < -0.3 is 10.2 Å². The highest BCUT2D eigenvalue weighted by molar-refractivity contribution is 5.50. The number of rotatable bonds is 6. The van der Waals surface area contributed by atoms with Crippen LogP contribution in [0.25, 0.3) is 0 Å². The molecule has 2 heterocycles. The lowest BCUT2D eigenvalue weighted by Gasteiger charge is -2.14. The Balaban J connectivity index is 1.83. The van der Waals surface area contributed by atoms with Crippen molar-refractivity contribution in [1.82, 2.24) is 9.88 Å². The molecule has 0 saturated carbocycles. The number of hydrogen-bond acceptors (Lipinski definition) is 6. The first-order chi connectivity index (χ1) is 9.70. The first kappa shape index (κ1) is 14.2. The zero-order chi connectivity index (χ0) is 14.4. The van der Waals surface area contributed by atoms with Gasteiger partial charge in [0.1, 0.15) is 11.9 Å². The van der Waals surface area contributed by atoms with Crippen LogP contribution in [-0.2, 0) is 0 Å². The number of hydrogen-bond donors (Lipinski definition) is 1. The third-order valence-corrected chi connectivity index (χ3v) is 3.33. The largest absolute Gasteiger partial charge is 0.370 e. The van der Waals surface area contributed by atoms with Crippen molar-refractivity contribution in [3.63, 3.8) is 0 Å². The molecule has 0 unspecified atom stereocenters. The summed E-state index contributed by atoms with van der Waals surface area (Å²) < 4.78 is 0. The lowest BCUT2D eigenvalue weighted by molar-refractivity contribution is -0.385. The molecule has 106 valence electrons. The Hall–Kier alpha value is -2.20. The van der Waals surface area contributed by atoms with Gasteiger partial charge in [0.2, 0.25) is 5.69 Å². The van der Waals surface area contributed by atoms with Gasteiger partial charge in [-0.15, -0.1) is 0 Å². The van der Waals surface area contributed by atoms with Crippen LogP contribution < -0.4 is 5.32 Å². The summed E-state index contributed by atoms with van der Waals surface area (Å²) in [7, 11) is 0. The second-order valence-electron chi connectivity index (χ2n) is 4.76. The third-order valence-electron chi connectivity index (χ3n) is 3.33. The second kappa shape index (κ2) is 6.82. The minimum Gasteiger partial charge on any atom is -0.370 e. The fourth-order valence-electron chi connectivity index (χ4n) is 2.31. The molecule has 0 spiro atoms. The van der Waals surface area contributed by atoms with E-state index in [0.29, 0.717) is 5.82 Å². The molecule has 1 aromatic rings. The van der Waals surface area contributed by atoms with E-state index in [0.717, 1.165) is 19.5 Å². The van der Waals surface area contributed by atoms with E-state index in [1.807, 2.05) is 0 Å². The average Bonchev–Trinajstić information content (AvgIpc) is 2.96. The molecule has 7 heteroatoms. The molecular weight excluding hydrogens is 258 g/mol. The van der Waals surface area contributed by atoms with Gasteiger partial charge in [-0.3, -0.25) is 10.1 Å². The SMILES string of the molecule is N#Cc1nc(NCCCN2CCCC2)ccc1[N+](=O)[O-]. The van der Waals surface area contributed by atoms with Gasteiger partial charge in [-0.1, -0.05) is 0 Å². The summed E-state index contributed by atoms with van der Waals surface area (Å²) in [6.45, 7) is 4.14. The molecule has 1 N–H and O–H groups in total. The Kier molecular flexibility index (Phi) is 4.85. The van der Waals surface area contributed by atoms with Crippen molar-refractivity contribution in [3.8, 4) is 6.07 Å². The molecule has 0 aromatic carbocycles. The average molecular weight is 275 g/mol. The summed E-state index contributed by atoms with van der Waals surface area (Å²) in [5.41, 5.74) is -0.408. The third kappa shape index (κ3) is 3.65. The zero-order valence-electron chi connectivity index (χ0n) is 11.2. The molecule has 7 nitrogen and oxygen atoms in total. The zero-order valence-corrected chi connectivity index (χ0v) is 11.2. The smallest absolute Gasteiger partial charge is 0.305 e. The summed E-state index contributed by atoms with van der Waals surface area (Å²) in [5.74, 6) is 0.508. The fourth-order valence-corrected chi connectivity index (χ4v) is 2.31. The van der Waals surface area contributed by atoms with Gasteiger partial charge in [0.05, 0.1) is 4.92 Å². The van der Waals surface area contributed by atoms with E-state index >= 15 is 0 Å². The van der Waals surface area contributed by atoms with Crippen molar-refractivity contribution in [3.05, 3.63) is 27.9 Å². The normalized spacial score (nSPS) is 14.9. The van der Waals surface area contributed by atoms with Crippen molar-refractivity contribution >= 4 is 11.5 Å². The van der Waals surface area contributed by atoms with Crippen molar-refractivity contribution in [1.29, 1.82) is 5.26 Å². The number of likely N-dealkylation sites (tertiary alicyclic amines) is 1. The van der Waals surface area contributed by atoms with E-state index < -0.39 is 4.92 Å². The van der Waals surface area contributed by atoms with E-state index in [1.54, 1.807) is 6.07 Å². The number of nitro groups is 1. The topological polar surface area (TPSA) is 95.1 Å². The van der Waals surface area contributed by atoms with Gasteiger partial charge in [0.15, 0.2) is 0 Å². The van der Waals surface area contributed by atoms with E-state index in [4.69, 9.17) is 5.26 Å². The highest BCUT2D eigenvalue weighted by Crippen LogP contribution is 2.18. The molecule has 0 aliphatic carbocycles. The van der Waals surface area contributed by atoms with Crippen molar-refractivity contribution < 1.29 is 4.92 Å². The molecule has 2 rings (SSSR count). The van der Waals surface area contributed by atoms with E-state index in [2.05, 4.69) is 15.2 Å². The predicted molar refractivity (Wildman–Crippen MR) is 74.4 cm³/mol. The molecule has 0 radical (unpaired) electrons. The monoisotopic (exact) mass is 275 g/mol. The lowest BCUT2D eigenvalue weighted by Crippen LogP contribution is -2.22. The molecule has 1 aliphatic heterocycles. The van der Waals surface area contributed by atoms with Crippen molar-refractivity contribution in [2.24, 2.45) is 0 Å². The molecule has 1 aliphatic rings. The van der Waals surface area contributed by atoms with Gasteiger partial charge in [0, 0.05) is 12.6 Å². The van der Waals surface area contributed by atoms with Gasteiger partial charge in [0.25, 0.3) is 0 Å². The molecule has 1 aromatic heterocycles. The van der Waals surface area contributed by atoms with Crippen LogP contribution in [0.4, 0.5) is 11.5 Å². The maximum absolute atomic E-state index is 10.7. The molecule has 1 fully saturated rings. The number of anilines is 1. The van der Waals surface area contributed by atoms with Crippen LogP contribution in [0.5, 0.6) is 0 Å². The van der Waals surface area contributed by atoms with Crippen LogP contribution >= 0.6 is 0 Å². The molecule has 1 saturated heterocycles. The number of nitrogens with one attached hydrogen (secondary N) is 1. The minimum absolute atomic E-state index is 0.153. The van der Waals surface area contributed by atoms with Crippen LogP contribution in [0.1, 0.15) is 25.0 Å². The fraction of sp³-hybridized carbons (Fsp3) is 0.538. The number of nitriles is 1. The molecular formula is C13H17N5O2. The summed E-state index contributed by atoms with van der Waals surface area (Å²) in [5, 5.41) is 22.6. The van der Waals surface area contributed by atoms with Crippen LogP contribution in [0, 0.1) is 21.4 Å². The Morgan fingerprint density at radius 3 is 2.85 bits per heavy atom. The first-order valence-electron chi connectivity index (χ1n) is 6.72. The number of nitrogens with zero attached hydrogens (tertiary/aromatic N) is 4. The van der Waals surface area contributed by atoms with Crippen LogP contribution in [0.15, 0.2) is 12.1 Å². The van der Waals surface area contributed by atoms with Gasteiger partial charge in [-0.25, -0.2) is 4.98 Å². The first-order valence-corrected chi connectivity index (χ1v) is 6.72. The highest BCUT2D eigenvalue weighted by atomic mass is 16.6. The van der Waals surface area contributed by atoms with Crippen LogP contribution in [0.3, 0.4) is 0 Å². The van der Waals surface area contributed by atoms with Crippen LogP contribution in [-0.4, -0.2) is 41.0 Å². The Morgan fingerprint density at radius 1 is 1.45 bits per heavy atom. The standard InChI is InChI=1S/C13H17N5O2/c14-10-11-12(18(19)20)4-5-13(16-11)15-6-3-9-17-7-1-2-8-17/h4-5H,1-3,6-9H2,(H,15,16). The maximum Gasteiger partial charge on any atom is 0.305 e. The van der Waals surface area contributed by atoms with Crippen LogP contribution in [0.2, 0.25) is 0 Å². The molecule has 0 amide bonds. The Labute approximate surface area is 117 Å². The summed E-state index contributed by atoms with van der Waals surface area (Å²) in [6, 6.07) is 4.60. The molecule has 0 atom stereocenters. The lowest BCUT2D eigenvalue weighted by atomic mass is 10.3. The van der Waals surface area contributed by atoms with E-state index in [9.17, 15) is 10.1 Å². The number of pyridine rings is 1. The molecule has 20 heavy (non-hydrogen) atoms. The summed E-state index contributed by atoms with van der Waals surface area (Å²) >= 11 is 0. The quantitative estimate of drug-likeness (QED) is 0.483. The van der Waals surface area contributed by atoms with Gasteiger partial charge >= 0.3 is 5.69 Å². The number of aromatic nitrogens is 1. The summed E-state index contributed by atoms with van der Waals surface area (Å²) in [6.07, 6.45) is 3.55. The van der Waals surface area contributed by atoms with Crippen molar-refractivity contribution in [2.45, 2.75) is 19.3 Å². The van der Waals surface area contributed by atoms with E-state index in [-0.39, 0.29) is 11.4 Å². The Morgan fingerprint density at radius 2 is 2.20 bits per heavy atom. The second-order valence-corrected chi connectivity index (χ2v) is 4.76. The minimum atomic E-state index is -0.595. The van der Waals surface area contributed by atoms with Crippen molar-refractivity contribution in [2.75, 3.05) is 31.5 Å². The highest BCUT2D eigenvalue weighted by Gasteiger charge is 2.15. The predicted octanol–water partition coefficient (Wildman–Crippen LogP) is 1.76. The van der Waals surface area contributed by atoms with Gasteiger partial charge in [-0.05, 0) is 45.0 Å².